The summed E-state index contributed by atoms with van der Waals surface area (Å²) in [6.07, 6.45) is 0. The first kappa shape index (κ1) is 22.6. The second kappa shape index (κ2) is 8.82. The van der Waals surface area contributed by atoms with Gasteiger partial charge in [0.15, 0.2) is 5.78 Å². The first-order valence-electron chi connectivity index (χ1n) is 13.4. The smallest absolute Gasteiger partial charge is 0.193 e. The minimum atomic E-state index is -0.00161. The van der Waals surface area contributed by atoms with Crippen LogP contribution in [-0.4, -0.2) is 5.78 Å². The summed E-state index contributed by atoms with van der Waals surface area (Å²) in [5, 5.41) is 3.87. The lowest BCUT2D eigenvalue weighted by Crippen LogP contribution is -2.13. The molecule has 0 radical (unpaired) electrons. The molecule has 3 nitrogen and oxygen atoms in total. The molecule has 186 valence electrons. The third kappa shape index (κ3) is 3.35. The highest BCUT2D eigenvalue weighted by Crippen LogP contribution is 2.36. The molecule has 2 aliphatic heterocycles. The van der Waals surface area contributed by atoms with Crippen molar-refractivity contribution in [2.45, 2.75) is 0 Å². The number of para-hydroxylation sites is 3. The fraction of sp³-hybridized carbons (Fsp3) is 0. The van der Waals surface area contributed by atoms with Crippen molar-refractivity contribution in [1.82, 2.24) is 0 Å². The Balaban J connectivity index is 1.53. The third-order valence-electron chi connectivity index (χ3n) is 7.83. The van der Waals surface area contributed by atoms with Crippen LogP contribution in [0.2, 0.25) is 0 Å². The number of hydrogen-bond donors (Lipinski definition) is 0. The topological polar surface area (TPSA) is 41.8 Å². The molecule has 6 aromatic carbocycles. The number of hydrogen-bond acceptors (Lipinski definition) is 3. The van der Waals surface area contributed by atoms with E-state index in [0.717, 1.165) is 65.9 Å². The van der Waals surface area contributed by atoms with E-state index in [1.54, 1.807) is 0 Å². The van der Waals surface area contributed by atoms with Crippen LogP contribution in [0.25, 0.3) is 33.4 Å². The monoisotopic (exact) mass is 510 g/mol. The number of fused-ring (bicyclic) bond motifs is 6. The Morgan fingerprint density at radius 3 is 1.73 bits per heavy atom. The lowest BCUT2D eigenvalue weighted by atomic mass is 9.90. The van der Waals surface area contributed by atoms with E-state index in [1.807, 2.05) is 66.7 Å². The molecule has 0 saturated carbocycles. The van der Waals surface area contributed by atoms with Crippen LogP contribution in [0.1, 0.15) is 15.9 Å². The van der Waals surface area contributed by atoms with Crippen molar-refractivity contribution in [2.75, 3.05) is 0 Å². The molecule has 2 heterocycles. The lowest BCUT2D eigenvalue weighted by Gasteiger charge is -2.11. The molecule has 0 aromatic heterocycles. The van der Waals surface area contributed by atoms with Crippen LogP contribution in [0.4, 0.5) is 11.4 Å². The van der Waals surface area contributed by atoms with Crippen LogP contribution in [0.3, 0.4) is 0 Å². The van der Waals surface area contributed by atoms with Crippen molar-refractivity contribution in [3.63, 3.8) is 0 Å². The molecule has 0 unspecified atom stereocenters. The maximum atomic E-state index is 13.8. The molecule has 0 atom stereocenters. The standard InChI is InChI=1S/C37H22N2O/c40-37(23-11-2-1-3-12-23)30-16-5-4-13-24(30)27-21-22-29-26-15-7-9-20-33(26)39-36(29)34(27)31-18-10-17-28-25-14-6-8-19-32(25)38-35(28)31/h1-22H. The highest BCUT2D eigenvalue weighted by Gasteiger charge is 2.21. The second-order valence-electron chi connectivity index (χ2n) is 10.1. The van der Waals surface area contributed by atoms with Gasteiger partial charge in [-0.25, -0.2) is 9.98 Å². The Bertz CT molecular complexity index is 2230. The number of carbonyl (C=O) groups is 1. The van der Waals surface area contributed by atoms with Gasteiger partial charge in [0.05, 0.1) is 22.1 Å². The van der Waals surface area contributed by atoms with Gasteiger partial charge in [-0.05, 0) is 23.3 Å². The molecule has 2 aliphatic rings. The van der Waals surface area contributed by atoms with Crippen LogP contribution in [0.15, 0.2) is 143 Å². The summed E-state index contributed by atoms with van der Waals surface area (Å²) in [5.74, 6) is -0.00161. The van der Waals surface area contributed by atoms with Gasteiger partial charge in [-0.2, -0.15) is 0 Å². The molecular formula is C37H22N2O. The maximum absolute atomic E-state index is 13.8. The van der Waals surface area contributed by atoms with Crippen molar-refractivity contribution in [3.8, 4) is 33.4 Å². The number of ketones is 1. The van der Waals surface area contributed by atoms with Gasteiger partial charge in [-0.3, -0.25) is 4.79 Å². The van der Waals surface area contributed by atoms with E-state index in [4.69, 9.17) is 9.98 Å². The molecule has 0 bridgehead atoms. The lowest BCUT2D eigenvalue weighted by molar-refractivity contribution is 0.103. The van der Waals surface area contributed by atoms with Crippen LogP contribution in [-0.2, 0) is 0 Å². The van der Waals surface area contributed by atoms with E-state index in [-0.39, 0.29) is 5.78 Å². The molecular weight excluding hydrogens is 488 g/mol. The summed E-state index contributed by atoms with van der Waals surface area (Å²) in [5.41, 5.74) is 9.56. The van der Waals surface area contributed by atoms with Crippen LogP contribution in [0.5, 0.6) is 0 Å². The minimum Gasteiger partial charge on any atom is -0.289 e. The fourth-order valence-electron chi connectivity index (χ4n) is 6.00. The Labute approximate surface area is 230 Å². The summed E-state index contributed by atoms with van der Waals surface area (Å²) in [4.78, 5) is 24.1. The van der Waals surface area contributed by atoms with Crippen molar-refractivity contribution < 1.29 is 4.79 Å². The molecule has 8 rings (SSSR count). The number of benzene rings is 6. The zero-order valence-corrected chi connectivity index (χ0v) is 21.5. The highest BCUT2D eigenvalue weighted by molar-refractivity contribution is 6.13. The minimum absolute atomic E-state index is 0.00161. The van der Waals surface area contributed by atoms with Crippen molar-refractivity contribution in [3.05, 3.63) is 166 Å². The Morgan fingerprint density at radius 1 is 0.425 bits per heavy atom. The first-order valence-corrected chi connectivity index (χ1v) is 13.4. The zero-order chi connectivity index (χ0) is 26.6. The molecule has 6 aromatic rings. The average Bonchev–Trinajstić information content (AvgIpc) is 3.59. The van der Waals surface area contributed by atoms with Crippen molar-refractivity contribution >= 4 is 17.2 Å². The van der Waals surface area contributed by atoms with Crippen molar-refractivity contribution in [2.24, 2.45) is 9.98 Å². The SMILES string of the molecule is O=C(c1ccccc1)c1ccccc1-c1ccc2c(c1=c1cccc3c1=Nc1ccccc1-3)=Nc1ccccc1-2. The number of carbonyl (C=O) groups excluding carboxylic acids is 1. The molecule has 3 heteroatoms. The number of nitrogens with zero attached hydrogens (tertiary/aromatic N) is 2. The molecule has 0 aliphatic carbocycles. The summed E-state index contributed by atoms with van der Waals surface area (Å²) in [6.45, 7) is 0. The van der Waals surface area contributed by atoms with Gasteiger partial charge >= 0.3 is 0 Å². The third-order valence-corrected chi connectivity index (χ3v) is 7.83. The maximum Gasteiger partial charge on any atom is 0.193 e. The van der Waals surface area contributed by atoms with E-state index in [9.17, 15) is 4.79 Å². The largest absolute Gasteiger partial charge is 0.289 e. The van der Waals surface area contributed by atoms with Crippen LogP contribution >= 0.6 is 0 Å². The van der Waals surface area contributed by atoms with Gasteiger partial charge < -0.3 is 0 Å². The predicted molar refractivity (Wildman–Crippen MR) is 158 cm³/mol. The molecule has 0 amide bonds. The molecule has 0 fully saturated rings. The van der Waals surface area contributed by atoms with Crippen LogP contribution < -0.4 is 10.7 Å². The van der Waals surface area contributed by atoms with Gasteiger partial charge in [0.25, 0.3) is 0 Å². The van der Waals surface area contributed by atoms with Gasteiger partial charge in [0.2, 0.25) is 0 Å². The van der Waals surface area contributed by atoms with E-state index in [2.05, 4.69) is 66.7 Å². The first-order chi connectivity index (χ1) is 19.8. The molecule has 40 heavy (non-hydrogen) atoms. The Hall–Kier alpha value is -5.41. The second-order valence-corrected chi connectivity index (χ2v) is 10.1. The summed E-state index contributed by atoms with van der Waals surface area (Å²) >= 11 is 0. The Kier molecular flexibility index (Phi) is 4.98. The molecule has 0 N–H and O–H groups in total. The summed E-state index contributed by atoms with van der Waals surface area (Å²) in [6, 6.07) is 44.5. The normalized spacial score (nSPS) is 12.9. The highest BCUT2D eigenvalue weighted by atomic mass is 16.1. The average molecular weight is 511 g/mol. The van der Waals surface area contributed by atoms with Crippen LogP contribution in [0, 0.1) is 10.4 Å². The van der Waals surface area contributed by atoms with E-state index < -0.39 is 0 Å². The number of rotatable bonds is 3. The van der Waals surface area contributed by atoms with Gasteiger partial charge in [0, 0.05) is 43.8 Å². The van der Waals surface area contributed by atoms with E-state index in [0.29, 0.717) is 11.1 Å². The molecule has 0 spiro atoms. The van der Waals surface area contributed by atoms with Gasteiger partial charge in [-0.1, -0.05) is 121 Å². The van der Waals surface area contributed by atoms with Gasteiger partial charge in [0.1, 0.15) is 0 Å². The molecule has 0 saturated heterocycles. The quantitative estimate of drug-likeness (QED) is 0.224. The zero-order valence-electron chi connectivity index (χ0n) is 21.5. The van der Waals surface area contributed by atoms with E-state index in [1.165, 1.54) is 0 Å². The predicted octanol–water partition coefficient (Wildman–Crippen LogP) is 7.73. The van der Waals surface area contributed by atoms with Gasteiger partial charge in [-0.15, -0.1) is 0 Å². The summed E-state index contributed by atoms with van der Waals surface area (Å²) in [7, 11) is 0. The fourth-order valence-corrected chi connectivity index (χ4v) is 6.00. The Morgan fingerprint density at radius 2 is 0.975 bits per heavy atom. The van der Waals surface area contributed by atoms with Crippen molar-refractivity contribution in [1.29, 1.82) is 0 Å². The van der Waals surface area contributed by atoms with E-state index >= 15 is 0 Å². The summed E-state index contributed by atoms with van der Waals surface area (Å²) < 4.78 is 0.